The van der Waals surface area contributed by atoms with Crippen LogP contribution in [0.3, 0.4) is 0 Å². The molecule has 0 spiro atoms. The van der Waals surface area contributed by atoms with Gasteiger partial charge in [0.15, 0.2) is 0 Å². The van der Waals surface area contributed by atoms with Gasteiger partial charge in [0, 0.05) is 10.9 Å². The first-order valence-electron chi connectivity index (χ1n) is 7.16. The van der Waals surface area contributed by atoms with Crippen molar-refractivity contribution in [1.82, 2.24) is 5.32 Å². The molecule has 1 heterocycles. The van der Waals surface area contributed by atoms with E-state index in [0.717, 1.165) is 5.92 Å². The van der Waals surface area contributed by atoms with E-state index < -0.39 is 0 Å². The average Bonchev–Trinajstić information content (AvgIpc) is 2.97. The van der Waals surface area contributed by atoms with E-state index in [0.29, 0.717) is 6.04 Å². The maximum absolute atomic E-state index is 3.54. The van der Waals surface area contributed by atoms with E-state index in [-0.39, 0.29) is 0 Å². The molecule has 1 N–H and O–H groups in total. The molecule has 100 valence electrons. The molecule has 1 aromatic heterocycles. The van der Waals surface area contributed by atoms with Crippen molar-refractivity contribution in [1.29, 1.82) is 0 Å². The third-order valence-electron chi connectivity index (χ3n) is 4.30. The second-order valence-corrected chi connectivity index (χ2v) is 6.41. The molecule has 2 atom stereocenters. The molecule has 19 heavy (non-hydrogen) atoms. The summed E-state index contributed by atoms with van der Waals surface area (Å²) < 4.78 is 0. The predicted octanol–water partition coefficient (Wildman–Crippen LogP) is 4.20. The summed E-state index contributed by atoms with van der Waals surface area (Å²) in [6.07, 6.45) is 5.07. The summed E-state index contributed by atoms with van der Waals surface area (Å²) in [4.78, 5) is 1.52. The maximum atomic E-state index is 3.54. The van der Waals surface area contributed by atoms with Gasteiger partial charge in [0.05, 0.1) is 0 Å². The van der Waals surface area contributed by atoms with Gasteiger partial charge in [-0.15, -0.1) is 11.3 Å². The molecule has 0 radical (unpaired) electrons. The first-order valence-corrected chi connectivity index (χ1v) is 8.04. The lowest BCUT2D eigenvalue weighted by molar-refractivity contribution is 0.318. The highest BCUT2D eigenvalue weighted by Crippen LogP contribution is 2.36. The van der Waals surface area contributed by atoms with Crippen molar-refractivity contribution in [3.8, 4) is 0 Å². The van der Waals surface area contributed by atoms with Crippen molar-refractivity contribution in [2.24, 2.45) is 5.92 Å². The Bertz CT molecular complexity index is 518. The van der Waals surface area contributed by atoms with Crippen molar-refractivity contribution >= 4 is 11.3 Å². The van der Waals surface area contributed by atoms with Crippen LogP contribution in [0.1, 0.15) is 34.9 Å². The van der Waals surface area contributed by atoms with Crippen LogP contribution in [-0.2, 0) is 12.8 Å². The molecule has 3 rings (SSSR count). The second-order valence-electron chi connectivity index (χ2n) is 5.38. The number of hydrogen-bond donors (Lipinski definition) is 1. The van der Waals surface area contributed by atoms with E-state index in [4.69, 9.17) is 0 Å². The normalized spacial score (nSPS) is 22.2. The van der Waals surface area contributed by atoms with Crippen LogP contribution in [0, 0.1) is 5.92 Å². The fourth-order valence-corrected chi connectivity index (χ4v) is 4.04. The van der Waals surface area contributed by atoms with Gasteiger partial charge in [-0.05, 0) is 61.2 Å². The van der Waals surface area contributed by atoms with Crippen molar-refractivity contribution in [2.75, 3.05) is 7.05 Å². The Balaban J connectivity index is 1.73. The van der Waals surface area contributed by atoms with Crippen LogP contribution in [0.5, 0.6) is 0 Å². The van der Waals surface area contributed by atoms with E-state index >= 15 is 0 Å². The van der Waals surface area contributed by atoms with Crippen molar-refractivity contribution in [2.45, 2.75) is 31.7 Å². The van der Waals surface area contributed by atoms with Crippen molar-refractivity contribution in [3.63, 3.8) is 0 Å². The average molecular weight is 271 g/mol. The number of fused-ring (bicyclic) bond motifs is 1. The van der Waals surface area contributed by atoms with Gasteiger partial charge >= 0.3 is 0 Å². The largest absolute Gasteiger partial charge is 0.313 e. The highest BCUT2D eigenvalue weighted by molar-refractivity contribution is 7.09. The van der Waals surface area contributed by atoms with Crippen molar-refractivity contribution < 1.29 is 0 Å². The van der Waals surface area contributed by atoms with E-state index in [1.807, 2.05) is 11.3 Å². The minimum Gasteiger partial charge on any atom is -0.313 e. The Morgan fingerprint density at radius 2 is 2.11 bits per heavy atom. The summed E-state index contributed by atoms with van der Waals surface area (Å²) in [6, 6.07) is 13.9. The molecule has 0 bridgehead atoms. The third kappa shape index (κ3) is 2.75. The quantitative estimate of drug-likeness (QED) is 0.878. The lowest BCUT2D eigenvalue weighted by Gasteiger charge is -2.33. The van der Waals surface area contributed by atoms with Gasteiger partial charge in [-0.3, -0.25) is 0 Å². The molecule has 0 amide bonds. The number of nitrogens with one attached hydrogen (secondary N) is 1. The standard InChI is InChI=1S/C17H21NS/c1-18-17-14(10-11-15-6-4-12-19-15)9-8-13-5-2-3-7-16(13)17/h2-7,12,14,17-18H,8-11H2,1H3. The molecular formula is C17H21NS. The SMILES string of the molecule is CNC1c2ccccc2CCC1CCc1cccs1. The fraction of sp³-hybridized carbons (Fsp3) is 0.412. The highest BCUT2D eigenvalue weighted by Gasteiger charge is 2.27. The molecular weight excluding hydrogens is 250 g/mol. The number of aryl methyl sites for hydroxylation is 2. The monoisotopic (exact) mass is 271 g/mol. The number of rotatable bonds is 4. The zero-order chi connectivity index (χ0) is 13.1. The zero-order valence-corrected chi connectivity index (χ0v) is 12.2. The molecule has 1 aliphatic rings. The van der Waals surface area contributed by atoms with Crippen LogP contribution < -0.4 is 5.32 Å². The van der Waals surface area contributed by atoms with Gasteiger partial charge in [0.1, 0.15) is 0 Å². The van der Waals surface area contributed by atoms with Crippen LogP contribution in [-0.4, -0.2) is 7.05 Å². The van der Waals surface area contributed by atoms with Crippen LogP contribution in [0.15, 0.2) is 41.8 Å². The van der Waals surface area contributed by atoms with E-state index in [1.54, 1.807) is 0 Å². The molecule has 1 nitrogen and oxygen atoms in total. The minimum absolute atomic E-state index is 0.532. The molecule has 0 saturated heterocycles. The minimum atomic E-state index is 0.532. The number of thiophene rings is 1. The summed E-state index contributed by atoms with van der Waals surface area (Å²) >= 11 is 1.89. The summed E-state index contributed by atoms with van der Waals surface area (Å²) in [5.41, 5.74) is 3.06. The summed E-state index contributed by atoms with van der Waals surface area (Å²) in [7, 11) is 2.10. The summed E-state index contributed by atoms with van der Waals surface area (Å²) in [5.74, 6) is 0.766. The van der Waals surface area contributed by atoms with Gasteiger partial charge in [-0.1, -0.05) is 30.3 Å². The Hall–Kier alpha value is -1.12. The Kier molecular flexibility index (Phi) is 4.00. The predicted molar refractivity (Wildman–Crippen MR) is 82.7 cm³/mol. The molecule has 2 unspecified atom stereocenters. The lowest BCUT2D eigenvalue weighted by atomic mass is 9.77. The van der Waals surface area contributed by atoms with Crippen LogP contribution >= 0.6 is 11.3 Å². The first kappa shape index (κ1) is 12.9. The number of hydrogen-bond acceptors (Lipinski definition) is 2. The third-order valence-corrected chi connectivity index (χ3v) is 5.23. The van der Waals surface area contributed by atoms with Gasteiger partial charge < -0.3 is 5.32 Å². The van der Waals surface area contributed by atoms with E-state index in [1.165, 1.54) is 41.7 Å². The molecule has 2 aromatic rings. The number of benzene rings is 1. The molecule has 0 fully saturated rings. The van der Waals surface area contributed by atoms with E-state index in [9.17, 15) is 0 Å². The Morgan fingerprint density at radius 3 is 2.89 bits per heavy atom. The molecule has 2 heteroatoms. The molecule has 0 saturated carbocycles. The molecule has 1 aliphatic carbocycles. The van der Waals surface area contributed by atoms with Gasteiger partial charge in [-0.25, -0.2) is 0 Å². The van der Waals surface area contributed by atoms with Crippen LogP contribution in [0.4, 0.5) is 0 Å². The maximum Gasteiger partial charge on any atom is 0.0349 e. The van der Waals surface area contributed by atoms with Crippen LogP contribution in [0.2, 0.25) is 0 Å². The highest BCUT2D eigenvalue weighted by atomic mass is 32.1. The van der Waals surface area contributed by atoms with Gasteiger partial charge in [-0.2, -0.15) is 0 Å². The topological polar surface area (TPSA) is 12.0 Å². The lowest BCUT2D eigenvalue weighted by Crippen LogP contribution is -2.30. The van der Waals surface area contributed by atoms with Crippen LogP contribution in [0.25, 0.3) is 0 Å². The van der Waals surface area contributed by atoms with E-state index in [2.05, 4.69) is 54.1 Å². The summed E-state index contributed by atoms with van der Waals surface area (Å²) in [6.45, 7) is 0. The summed E-state index contributed by atoms with van der Waals surface area (Å²) in [5, 5.41) is 5.73. The second kappa shape index (κ2) is 5.89. The molecule has 0 aliphatic heterocycles. The Labute approximate surface area is 119 Å². The smallest absolute Gasteiger partial charge is 0.0349 e. The first-order chi connectivity index (χ1) is 9.38. The molecule has 1 aromatic carbocycles. The van der Waals surface area contributed by atoms with Crippen molar-refractivity contribution in [3.05, 3.63) is 57.8 Å². The zero-order valence-electron chi connectivity index (χ0n) is 11.4. The Morgan fingerprint density at radius 1 is 1.21 bits per heavy atom. The fourth-order valence-electron chi connectivity index (χ4n) is 3.31. The van der Waals surface area contributed by atoms with Gasteiger partial charge in [0.2, 0.25) is 0 Å². The van der Waals surface area contributed by atoms with Gasteiger partial charge in [0.25, 0.3) is 0 Å².